The van der Waals surface area contributed by atoms with Gasteiger partial charge in [-0.25, -0.2) is 0 Å². The summed E-state index contributed by atoms with van der Waals surface area (Å²) in [7, 11) is 0. The number of piperidine rings is 2. The maximum Gasteiger partial charge on any atom is 0.311 e. The van der Waals surface area contributed by atoms with Gasteiger partial charge in [0.05, 0.1) is 12.0 Å². The van der Waals surface area contributed by atoms with Crippen LogP contribution in [-0.4, -0.2) is 59.5 Å². The van der Waals surface area contributed by atoms with Gasteiger partial charge in [-0.1, -0.05) is 0 Å². The first kappa shape index (κ1) is 12.9. The third-order valence-electron chi connectivity index (χ3n) is 5.03. The van der Waals surface area contributed by atoms with Gasteiger partial charge in [0.15, 0.2) is 0 Å². The molecule has 2 aliphatic heterocycles. The van der Waals surface area contributed by atoms with Gasteiger partial charge in [-0.2, -0.15) is 0 Å². The van der Waals surface area contributed by atoms with Crippen LogP contribution in [-0.2, 0) is 9.59 Å². The fourth-order valence-corrected chi connectivity index (χ4v) is 3.67. The monoisotopic (exact) mass is 266 g/mol. The van der Waals surface area contributed by atoms with E-state index in [0.29, 0.717) is 19.0 Å². The number of hydrogen-bond acceptors (Lipinski definition) is 3. The van der Waals surface area contributed by atoms with E-state index in [9.17, 15) is 14.7 Å². The summed E-state index contributed by atoms with van der Waals surface area (Å²) in [6, 6.07) is 0. The Morgan fingerprint density at radius 2 is 1.89 bits per heavy atom. The van der Waals surface area contributed by atoms with Crippen molar-refractivity contribution in [1.82, 2.24) is 9.80 Å². The molecule has 0 spiro atoms. The number of carbonyl (C=O) groups is 2. The van der Waals surface area contributed by atoms with Crippen LogP contribution < -0.4 is 0 Å². The number of rotatable bonds is 3. The summed E-state index contributed by atoms with van der Waals surface area (Å²) >= 11 is 0. The van der Waals surface area contributed by atoms with Crippen LogP contribution in [0.15, 0.2) is 0 Å². The van der Waals surface area contributed by atoms with E-state index < -0.39 is 11.4 Å². The van der Waals surface area contributed by atoms with Crippen LogP contribution >= 0.6 is 0 Å². The number of aliphatic carboxylic acids is 1. The summed E-state index contributed by atoms with van der Waals surface area (Å²) in [6.45, 7) is 3.59. The molecule has 0 bridgehead atoms. The molecule has 3 aliphatic rings. The number of amides is 1. The number of nitrogens with zero attached hydrogens (tertiary/aromatic N) is 2. The lowest BCUT2D eigenvalue weighted by Gasteiger charge is -2.33. The molecule has 106 valence electrons. The highest BCUT2D eigenvalue weighted by Gasteiger charge is 2.62. The van der Waals surface area contributed by atoms with Crippen LogP contribution in [0.2, 0.25) is 0 Å². The Kier molecular flexibility index (Phi) is 3.25. The Hall–Kier alpha value is -1.10. The number of carbonyl (C=O) groups excluding carboxylic acids is 1. The van der Waals surface area contributed by atoms with Gasteiger partial charge in [0, 0.05) is 19.6 Å². The smallest absolute Gasteiger partial charge is 0.311 e. The second-order valence-electron chi connectivity index (χ2n) is 6.30. The first-order chi connectivity index (χ1) is 9.12. The molecule has 2 heterocycles. The van der Waals surface area contributed by atoms with E-state index in [1.165, 1.54) is 6.42 Å². The topological polar surface area (TPSA) is 60.9 Å². The van der Waals surface area contributed by atoms with Gasteiger partial charge in [0.25, 0.3) is 0 Å². The van der Waals surface area contributed by atoms with Gasteiger partial charge in [-0.3, -0.25) is 14.5 Å². The molecule has 2 atom stereocenters. The summed E-state index contributed by atoms with van der Waals surface area (Å²) in [4.78, 5) is 27.5. The Labute approximate surface area is 113 Å². The Bertz CT molecular complexity index is 392. The molecular weight excluding hydrogens is 244 g/mol. The Morgan fingerprint density at radius 1 is 1.16 bits per heavy atom. The van der Waals surface area contributed by atoms with Gasteiger partial charge in [0.1, 0.15) is 0 Å². The minimum absolute atomic E-state index is 0.180. The van der Waals surface area contributed by atoms with Crippen molar-refractivity contribution in [2.24, 2.45) is 11.3 Å². The number of hydrogen-bond donors (Lipinski definition) is 1. The lowest BCUT2D eigenvalue weighted by Crippen LogP contribution is -2.47. The van der Waals surface area contributed by atoms with Gasteiger partial charge in [0.2, 0.25) is 5.91 Å². The zero-order chi connectivity index (χ0) is 13.5. The van der Waals surface area contributed by atoms with Gasteiger partial charge in [-0.15, -0.1) is 0 Å². The van der Waals surface area contributed by atoms with E-state index >= 15 is 0 Å². The minimum atomic E-state index is -0.673. The molecule has 1 N–H and O–H groups in total. The Balaban J connectivity index is 1.55. The van der Waals surface area contributed by atoms with Crippen molar-refractivity contribution in [2.45, 2.75) is 32.1 Å². The molecular formula is C14H22N2O3. The molecule has 2 unspecified atom stereocenters. The standard InChI is InChI=1S/C14H22N2O3/c17-12(16-5-2-1-3-6-16)9-15-7-4-11-8-14(11,10-15)13(18)19/h11H,1-10H2,(H,18,19). The van der Waals surface area contributed by atoms with Crippen molar-refractivity contribution < 1.29 is 14.7 Å². The van der Waals surface area contributed by atoms with Crippen molar-refractivity contribution in [1.29, 1.82) is 0 Å². The molecule has 1 aliphatic carbocycles. The summed E-state index contributed by atoms with van der Waals surface area (Å²) in [6.07, 6.45) is 5.16. The van der Waals surface area contributed by atoms with Crippen LogP contribution in [0.1, 0.15) is 32.1 Å². The fourth-order valence-electron chi connectivity index (χ4n) is 3.67. The SMILES string of the molecule is O=C(CN1CCC2CC2(C(=O)O)C1)N1CCCCC1. The zero-order valence-electron chi connectivity index (χ0n) is 11.3. The lowest BCUT2D eigenvalue weighted by molar-refractivity contribution is -0.147. The van der Waals surface area contributed by atoms with Crippen molar-refractivity contribution in [3.8, 4) is 0 Å². The molecule has 0 aromatic carbocycles. The molecule has 3 fully saturated rings. The summed E-state index contributed by atoms with van der Waals surface area (Å²) in [5.74, 6) is -0.140. The molecule has 0 aromatic rings. The van der Waals surface area contributed by atoms with Crippen LogP contribution in [0.25, 0.3) is 0 Å². The third kappa shape index (κ3) is 2.36. The Morgan fingerprint density at radius 3 is 2.58 bits per heavy atom. The van der Waals surface area contributed by atoms with E-state index in [2.05, 4.69) is 4.90 Å². The highest BCUT2D eigenvalue weighted by Crippen LogP contribution is 2.57. The maximum absolute atomic E-state index is 12.2. The van der Waals surface area contributed by atoms with Gasteiger partial charge in [-0.05, 0) is 44.6 Å². The predicted molar refractivity (Wildman–Crippen MR) is 69.7 cm³/mol. The van der Waals surface area contributed by atoms with Gasteiger partial charge < -0.3 is 10.0 Å². The van der Waals surface area contributed by atoms with E-state index in [0.717, 1.165) is 45.3 Å². The maximum atomic E-state index is 12.2. The highest BCUT2D eigenvalue weighted by atomic mass is 16.4. The molecule has 3 rings (SSSR count). The van der Waals surface area contributed by atoms with Crippen molar-refractivity contribution >= 4 is 11.9 Å². The largest absolute Gasteiger partial charge is 0.481 e. The minimum Gasteiger partial charge on any atom is -0.481 e. The summed E-state index contributed by atoms with van der Waals surface area (Å²) in [5.41, 5.74) is -0.527. The molecule has 2 saturated heterocycles. The number of fused-ring (bicyclic) bond motifs is 1. The molecule has 0 aromatic heterocycles. The van der Waals surface area contributed by atoms with Crippen LogP contribution in [0.4, 0.5) is 0 Å². The van der Waals surface area contributed by atoms with E-state index in [-0.39, 0.29) is 5.91 Å². The predicted octanol–water partition coefficient (Wildman–Crippen LogP) is 0.796. The molecule has 1 amide bonds. The first-order valence-electron chi connectivity index (χ1n) is 7.35. The number of likely N-dealkylation sites (tertiary alicyclic amines) is 2. The normalized spacial score (nSPS) is 34.7. The van der Waals surface area contributed by atoms with Crippen molar-refractivity contribution in [3.05, 3.63) is 0 Å². The number of carboxylic acid groups (broad SMARTS) is 1. The van der Waals surface area contributed by atoms with Crippen molar-refractivity contribution in [3.63, 3.8) is 0 Å². The molecule has 5 nitrogen and oxygen atoms in total. The summed E-state index contributed by atoms with van der Waals surface area (Å²) < 4.78 is 0. The average Bonchev–Trinajstić information content (AvgIpc) is 3.15. The average molecular weight is 266 g/mol. The third-order valence-corrected chi connectivity index (χ3v) is 5.03. The number of carboxylic acids is 1. The fraction of sp³-hybridized carbons (Fsp3) is 0.857. The van der Waals surface area contributed by atoms with Crippen LogP contribution in [0.3, 0.4) is 0 Å². The lowest BCUT2D eigenvalue weighted by atomic mass is 9.97. The molecule has 1 saturated carbocycles. The van der Waals surface area contributed by atoms with Crippen molar-refractivity contribution in [2.75, 3.05) is 32.7 Å². The molecule has 19 heavy (non-hydrogen) atoms. The molecule has 0 radical (unpaired) electrons. The molecule has 5 heteroatoms. The zero-order valence-corrected chi connectivity index (χ0v) is 11.3. The van der Waals surface area contributed by atoms with E-state index in [4.69, 9.17) is 0 Å². The second kappa shape index (κ2) is 4.78. The highest BCUT2D eigenvalue weighted by molar-refractivity contribution is 5.80. The van der Waals surface area contributed by atoms with E-state index in [1.54, 1.807) is 0 Å². The van der Waals surface area contributed by atoms with Gasteiger partial charge >= 0.3 is 5.97 Å². The van der Waals surface area contributed by atoms with Crippen LogP contribution in [0.5, 0.6) is 0 Å². The summed E-state index contributed by atoms with van der Waals surface area (Å²) in [5, 5.41) is 9.32. The second-order valence-corrected chi connectivity index (χ2v) is 6.30. The quantitative estimate of drug-likeness (QED) is 0.820. The van der Waals surface area contributed by atoms with Crippen LogP contribution in [0, 0.1) is 11.3 Å². The van der Waals surface area contributed by atoms with E-state index in [1.807, 2.05) is 4.90 Å². The first-order valence-corrected chi connectivity index (χ1v) is 7.35.